The summed E-state index contributed by atoms with van der Waals surface area (Å²) >= 11 is 5.06. The molecule has 1 aliphatic heterocycles. The van der Waals surface area contributed by atoms with Crippen molar-refractivity contribution in [3.05, 3.63) is 0 Å². The van der Waals surface area contributed by atoms with Crippen molar-refractivity contribution < 1.29 is 0 Å². The van der Waals surface area contributed by atoms with Crippen LogP contribution in [0.2, 0.25) is 0 Å². The van der Waals surface area contributed by atoms with Gasteiger partial charge in [-0.3, -0.25) is 9.80 Å². The number of hydrogen-bond acceptors (Lipinski definition) is 3. The van der Waals surface area contributed by atoms with Crippen molar-refractivity contribution in [3.63, 3.8) is 0 Å². The predicted molar refractivity (Wildman–Crippen MR) is 80.9 cm³/mol. The molecule has 104 valence electrons. The molecule has 0 radical (unpaired) electrons. The number of thiocarbonyl (C=S) groups is 1. The van der Waals surface area contributed by atoms with Gasteiger partial charge in [0.1, 0.15) is 0 Å². The van der Waals surface area contributed by atoms with E-state index in [1.165, 1.54) is 51.9 Å². The number of hydrogen-bond donors (Lipinski definition) is 1. The van der Waals surface area contributed by atoms with Gasteiger partial charge in [-0.1, -0.05) is 32.0 Å². The van der Waals surface area contributed by atoms with Gasteiger partial charge < -0.3 is 5.73 Å². The van der Waals surface area contributed by atoms with Crippen molar-refractivity contribution in [2.45, 2.75) is 57.5 Å². The van der Waals surface area contributed by atoms with E-state index in [2.05, 4.69) is 16.7 Å². The van der Waals surface area contributed by atoms with Crippen LogP contribution in [0.3, 0.4) is 0 Å². The van der Waals surface area contributed by atoms with Gasteiger partial charge in [-0.25, -0.2) is 0 Å². The standard InChI is InChI=1S/C14H27N3S/c1-2-12(11-14(15)18)16-7-9-17(10-8-16)13-5-3-4-6-13/h12-13H,2-11H2,1H3,(H2,15,18). The van der Waals surface area contributed by atoms with Crippen LogP contribution in [0.5, 0.6) is 0 Å². The van der Waals surface area contributed by atoms with Gasteiger partial charge in [-0.15, -0.1) is 0 Å². The fraction of sp³-hybridized carbons (Fsp3) is 0.929. The fourth-order valence-electron chi connectivity index (χ4n) is 3.50. The molecule has 0 amide bonds. The van der Waals surface area contributed by atoms with Crippen molar-refractivity contribution in [2.75, 3.05) is 26.2 Å². The first-order valence-electron chi connectivity index (χ1n) is 7.47. The molecule has 18 heavy (non-hydrogen) atoms. The average Bonchev–Trinajstić information content (AvgIpc) is 2.90. The Balaban J connectivity index is 1.79. The molecule has 3 nitrogen and oxygen atoms in total. The van der Waals surface area contributed by atoms with Gasteiger partial charge in [0.2, 0.25) is 0 Å². The van der Waals surface area contributed by atoms with Crippen LogP contribution in [0.15, 0.2) is 0 Å². The maximum absolute atomic E-state index is 5.70. The Bertz CT molecular complexity index is 268. The molecule has 0 aromatic carbocycles. The number of nitrogens with two attached hydrogens (primary N) is 1. The molecule has 1 atom stereocenters. The lowest BCUT2D eigenvalue weighted by atomic mass is 10.1. The lowest BCUT2D eigenvalue weighted by Gasteiger charge is -2.41. The van der Waals surface area contributed by atoms with Gasteiger partial charge in [-0.2, -0.15) is 0 Å². The molecule has 1 saturated heterocycles. The minimum atomic E-state index is 0.563. The third kappa shape index (κ3) is 3.65. The second-order valence-corrected chi connectivity index (χ2v) is 6.27. The highest BCUT2D eigenvalue weighted by atomic mass is 32.1. The van der Waals surface area contributed by atoms with E-state index < -0.39 is 0 Å². The van der Waals surface area contributed by atoms with Crippen LogP contribution in [0.1, 0.15) is 45.4 Å². The molecular weight excluding hydrogens is 242 g/mol. The molecule has 1 heterocycles. The Labute approximate surface area is 117 Å². The Morgan fingerprint density at radius 1 is 1.22 bits per heavy atom. The van der Waals surface area contributed by atoms with E-state index in [0.29, 0.717) is 11.0 Å². The third-order valence-electron chi connectivity index (χ3n) is 4.61. The molecule has 0 bridgehead atoms. The molecule has 1 saturated carbocycles. The van der Waals surface area contributed by atoms with Crippen molar-refractivity contribution >= 4 is 17.2 Å². The van der Waals surface area contributed by atoms with E-state index in [1.807, 2.05) is 0 Å². The summed E-state index contributed by atoms with van der Waals surface area (Å²) in [6.45, 7) is 7.10. The van der Waals surface area contributed by atoms with Crippen molar-refractivity contribution in [3.8, 4) is 0 Å². The second-order valence-electron chi connectivity index (χ2n) is 5.74. The summed E-state index contributed by atoms with van der Waals surface area (Å²) in [6, 6.07) is 1.44. The lowest BCUT2D eigenvalue weighted by molar-refractivity contribution is 0.0709. The van der Waals surface area contributed by atoms with Crippen molar-refractivity contribution in [1.29, 1.82) is 0 Å². The SMILES string of the molecule is CCC(CC(N)=S)N1CCN(C2CCCC2)CC1. The van der Waals surface area contributed by atoms with E-state index in [9.17, 15) is 0 Å². The maximum atomic E-state index is 5.70. The Morgan fingerprint density at radius 3 is 2.33 bits per heavy atom. The first-order chi connectivity index (χ1) is 8.70. The molecule has 1 aliphatic carbocycles. The second kappa shape index (κ2) is 6.83. The number of nitrogens with zero attached hydrogens (tertiary/aromatic N) is 2. The van der Waals surface area contributed by atoms with E-state index >= 15 is 0 Å². The van der Waals surface area contributed by atoms with Crippen LogP contribution >= 0.6 is 12.2 Å². The summed E-state index contributed by atoms with van der Waals surface area (Å²) in [5.74, 6) is 0. The van der Waals surface area contributed by atoms with Crippen LogP contribution < -0.4 is 5.73 Å². The fourth-order valence-corrected chi connectivity index (χ4v) is 3.69. The first-order valence-corrected chi connectivity index (χ1v) is 7.88. The van der Waals surface area contributed by atoms with E-state index in [1.54, 1.807) is 0 Å². The maximum Gasteiger partial charge on any atom is 0.0743 e. The molecule has 0 spiro atoms. The van der Waals surface area contributed by atoms with E-state index in [-0.39, 0.29) is 0 Å². The normalized spacial score (nSPS) is 25.4. The van der Waals surface area contributed by atoms with Crippen LogP contribution in [0, 0.1) is 0 Å². The summed E-state index contributed by atoms with van der Waals surface area (Å²) in [5, 5.41) is 0. The van der Waals surface area contributed by atoms with E-state index in [0.717, 1.165) is 18.9 Å². The van der Waals surface area contributed by atoms with Crippen LogP contribution in [-0.4, -0.2) is 53.1 Å². The molecule has 2 aliphatic rings. The van der Waals surface area contributed by atoms with Crippen LogP contribution in [-0.2, 0) is 0 Å². The predicted octanol–water partition coefficient (Wildman–Crippen LogP) is 2.00. The van der Waals surface area contributed by atoms with Gasteiger partial charge in [-0.05, 0) is 19.3 Å². The smallest absolute Gasteiger partial charge is 0.0743 e. The third-order valence-corrected chi connectivity index (χ3v) is 4.78. The quantitative estimate of drug-likeness (QED) is 0.774. The summed E-state index contributed by atoms with van der Waals surface area (Å²) in [7, 11) is 0. The summed E-state index contributed by atoms with van der Waals surface area (Å²) in [5.41, 5.74) is 5.70. The molecular formula is C14H27N3S. The zero-order chi connectivity index (χ0) is 13.0. The van der Waals surface area contributed by atoms with Crippen LogP contribution in [0.25, 0.3) is 0 Å². The molecule has 2 rings (SSSR count). The highest BCUT2D eigenvalue weighted by Gasteiger charge is 2.28. The number of piperazine rings is 1. The highest BCUT2D eigenvalue weighted by Crippen LogP contribution is 2.25. The zero-order valence-electron chi connectivity index (χ0n) is 11.6. The monoisotopic (exact) mass is 269 g/mol. The Morgan fingerprint density at radius 2 is 1.83 bits per heavy atom. The zero-order valence-corrected chi connectivity index (χ0v) is 12.4. The summed E-state index contributed by atoms with van der Waals surface area (Å²) in [6.07, 6.45) is 7.75. The molecule has 2 N–H and O–H groups in total. The highest BCUT2D eigenvalue weighted by molar-refractivity contribution is 7.80. The molecule has 0 aromatic rings. The average molecular weight is 269 g/mol. The van der Waals surface area contributed by atoms with Gasteiger partial charge in [0.25, 0.3) is 0 Å². The van der Waals surface area contributed by atoms with Crippen molar-refractivity contribution in [2.24, 2.45) is 5.73 Å². The van der Waals surface area contributed by atoms with Gasteiger partial charge in [0.15, 0.2) is 0 Å². The number of rotatable bonds is 5. The Hall–Kier alpha value is -0.190. The molecule has 4 heteroatoms. The van der Waals surface area contributed by atoms with Crippen molar-refractivity contribution in [1.82, 2.24) is 9.80 Å². The molecule has 1 unspecified atom stereocenters. The van der Waals surface area contributed by atoms with Crippen LogP contribution in [0.4, 0.5) is 0 Å². The topological polar surface area (TPSA) is 32.5 Å². The van der Waals surface area contributed by atoms with E-state index in [4.69, 9.17) is 18.0 Å². The largest absolute Gasteiger partial charge is 0.393 e. The molecule has 2 fully saturated rings. The minimum Gasteiger partial charge on any atom is -0.393 e. The van der Waals surface area contributed by atoms with Gasteiger partial charge >= 0.3 is 0 Å². The Kier molecular flexibility index (Phi) is 5.39. The summed E-state index contributed by atoms with van der Waals surface area (Å²) in [4.78, 5) is 5.96. The summed E-state index contributed by atoms with van der Waals surface area (Å²) < 4.78 is 0. The molecule has 0 aromatic heterocycles. The lowest BCUT2D eigenvalue weighted by Crippen LogP contribution is -2.53. The minimum absolute atomic E-state index is 0.563. The van der Waals surface area contributed by atoms with Gasteiger partial charge in [0, 0.05) is 44.7 Å². The van der Waals surface area contributed by atoms with Gasteiger partial charge in [0.05, 0.1) is 4.99 Å². The first kappa shape index (κ1) is 14.2.